The minimum Gasteiger partial charge on any atom is -0.341 e. The molecular formula is C12H18ClN3O3S. The normalized spacial score (nSPS) is 19.1. The van der Waals surface area contributed by atoms with Crippen molar-refractivity contribution < 1.29 is 12.6 Å². The SMILES string of the molecule is C[C@@H](OS(C)(=O)=O)C1CCN(c2ncc(Cl)cn2)CC1. The zero-order valence-electron chi connectivity index (χ0n) is 11.5. The van der Waals surface area contributed by atoms with Crippen LogP contribution in [0.15, 0.2) is 12.4 Å². The molecule has 0 saturated carbocycles. The average Bonchev–Trinajstić information content (AvgIpc) is 2.38. The summed E-state index contributed by atoms with van der Waals surface area (Å²) in [5.74, 6) is 0.887. The van der Waals surface area contributed by atoms with Crippen LogP contribution in [0.5, 0.6) is 0 Å². The molecule has 0 amide bonds. The fraction of sp³-hybridized carbons (Fsp3) is 0.667. The van der Waals surface area contributed by atoms with Crippen LogP contribution >= 0.6 is 11.6 Å². The Balaban J connectivity index is 1.90. The highest BCUT2D eigenvalue weighted by atomic mass is 35.5. The predicted molar refractivity (Wildman–Crippen MR) is 77.4 cm³/mol. The summed E-state index contributed by atoms with van der Waals surface area (Å²) in [6, 6.07) is 0. The van der Waals surface area contributed by atoms with Crippen molar-refractivity contribution in [1.82, 2.24) is 9.97 Å². The van der Waals surface area contributed by atoms with Crippen molar-refractivity contribution in [2.75, 3.05) is 24.2 Å². The Kier molecular flexibility index (Phi) is 4.82. The van der Waals surface area contributed by atoms with E-state index in [2.05, 4.69) is 14.9 Å². The van der Waals surface area contributed by atoms with Gasteiger partial charge in [0.15, 0.2) is 0 Å². The highest BCUT2D eigenvalue weighted by Gasteiger charge is 2.27. The van der Waals surface area contributed by atoms with Gasteiger partial charge in [0.05, 0.1) is 29.8 Å². The van der Waals surface area contributed by atoms with E-state index in [4.69, 9.17) is 15.8 Å². The van der Waals surface area contributed by atoms with Gasteiger partial charge >= 0.3 is 0 Å². The zero-order chi connectivity index (χ0) is 14.8. The van der Waals surface area contributed by atoms with Crippen LogP contribution in [0.25, 0.3) is 0 Å². The van der Waals surface area contributed by atoms with Crippen molar-refractivity contribution >= 4 is 27.7 Å². The van der Waals surface area contributed by atoms with E-state index in [-0.39, 0.29) is 12.0 Å². The molecule has 0 spiro atoms. The maximum Gasteiger partial charge on any atom is 0.264 e. The minimum atomic E-state index is -3.40. The van der Waals surface area contributed by atoms with Crippen molar-refractivity contribution in [1.29, 1.82) is 0 Å². The molecule has 1 aliphatic rings. The number of nitrogens with zero attached hydrogens (tertiary/aromatic N) is 3. The molecule has 0 unspecified atom stereocenters. The molecule has 0 N–H and O–H groups in total. The summed E-state index contributed by atoms with van der Waals surface area (Å²) >= 11 is 5.76. The highest BCUT2D eigenvalue weighted by molar-refractivity contribution is 7.86. The number of hydrogen-bond donors (Lipinski definition) is 0. The molecule has 1 atom stereocenters. The van der Waals surface area contributed by atoms with Crippen LogP contribution in [-0.4, -0.2) is 43.8 Å². The number of halogens is 1. The first-order chi connectivity index (χ1) is 9.35. The molecule has 20 heavy (non-hydrogen) atoms. The fourth-order valence-electron chi connectivity index (χ4n) is 2.39. The van der Waals surface area contributed by atoms with Gasteiger partial charge in [-0.15, -0.1) is 0 Å². The fourth-order valence-corrected chi connectivity index (χ4v) is 3.20. The Hall–Kier alpha value is -0.920. The first-order valence-electron chi connectivity index (χ1n) is 6.46. The molecule has 8 heteroatoms. The number of anilines is 1. The third-order valence-corrected chi connectivity index (χ3v) is 4.27. The van der Waals surface area contributed by atoms with Crippen molar-refractivity contribution in [2.24, 2.45) is 5.92 Å². The topological polar surface area (TPSA) is 72.4 Å². The van der Waals surface area contributed by atoms with Crippen molar-refractivity contribution in [3.05, 3.63) is 17.4 Å². The Morgan fingerprint density at radius 2 is 1.90 bits per heavy atom. The number of aromatic nitrogens is 2. The maximum absolute atomic E-state index is 11.1. The van der Waals surface area contributed by atoms with Crippen LogP contribution in [0.3, 0.4) is 0 Å². The van der Waals surface area contributed by atoms with E-state index in [1.54, 1.807) is 19.3 Å². The predicted octanol–water partition coefficient (Wildman–Crippen LogP) is 1.71. The van der Waals surface area contributed by atoms with Gasteiger partial charge in [-0.2, -0.15) is 8.42 Å². The van der Waals surface area contributed by atoms with Gasteiger partial charge in [0.1, 0.15) is 0 Å². The molecule has 2 heterocycles. The van der Waals surface area contributed by atoms with Crippen molar-refractivity contribution in [3.8, 4) is 0 Å². The summed E-state index contributed by atoms with van der Waals surface area (Å²) < 4.78 is 27.3. The van der Waals surface area contributed by atoms with Gasteiger partial charge in [-0.25, -0.2) is 9.97 Å². The molecule has 1 aromatic rings. The van der Waals surface area contributed by atoms with E-state index in [9.17, 15) is 8.42 Å². The molecule has 1 saturated heterocycles. The van der Waals surface area contributed by atoms with Crippen LogP contribution in [0.4, 0.5) is 5.95 Å². The lowest BCUT2D eigenvalue weighted by Gasteiger charge is -2.34. The van der Waals surface area contributed by atoms with Gasteiger partial charge in [-0.05, 0) is 25.7 Å². The zero-order valence-corrected chi connectivity index (χ0v) is 13.1. The lowest BCUT2D eigenvalue weighted by Crippen LogP contribution is -2.39. The molecule has 1 aliphatic heterocycles. The molecule has 2 rings (SSSR count). The van der Waals surface area contributed by atoms with Crippen LogP contribution in [0.1, 0.15) is 19.8 Å². The first-order valence-corrected chi connectivity index (χ1v) is 8.65. The molecule has 0 aromatic carbocycles. The summed E-state index contributed by atoms with van der Waals surface area (Å²) in [5.41, 5.74) is 0. The third-order valence-electron chi connectivity index (χ3n) is 3.42. The maximum atomic E-state index is 11.1. The molecular weight excluding hydrogens is 302 g/mol. The molecule has 6 nitrogen and oxygen atoms in total. The summed E-state index contributed by atoms with van der Waals surface area (Å²) in [6.07, 6.45) is 5.64. The van der Waals surface area contributed by atoms with E-state index < -0.39 is 10.1 Å². The van der Waals surface area contributed by atoms with Crippen LogP contribution in [0, 0.1) is 5.92 Å². The second-order valence-electron chi connectivity index (χ2n) is 5.03. The van der Waals surface area contributed by atoms with E-state index in [1.807, 2.05) is 0 Å². The summed E-state index contributed by atoms with van der Waals surface area (Å²) in [6.45, 7) is 3.37. The molecule has 0 radical (unpaired) electrons. The van der Waals surface area contributed by atoms with E-state index in [0.717, 1.165) is 32.2 Å². The summed E-state index contributed by atoms with van der Waals surface area (Å²) in [5, 5.41) is 0.513. The molecule has 0 aliphatic carbocycles. The lowest BCUT2D eigenvalue weighted by atomic mass is 9.92. The smallest absolute Gasteiger partial charge is 0.264 e. The molecule has 112 valence electrons. The largest absolute Gasteiger partial charge is 0.341 e. The quantitative estimate of drug-likeness (QED) is 0.787. The standard InChI is InChI=1S/C12H18ClN3O3S/c1-9(19-20(2,17)18)10-3-5-16(6-4-10)12-14-7-11(13)8-15-12/h7-10H,3-6H2,1-2H3/t9-/m1/s1. The molecule has 1 aromatic heterocycles. The second kappa shape index (κ2) is 6.24. The van der Waals surface area contributed by atoms with Crippen molar-refractivity contribution in [2.45, 2.75) is 25.9 Å². The van der Waals surface area contributed by atoms with Crippen LogP contribution in [0.2, 0.25) is 5.02 Å². The van der Waals surface area contributed by atoms with Gasteiger partial charge in [0.2, 0.25) is 5.95 Å². The van der Waals surface area contributed by atoms with E-state index in [0.29, 0.717) is 11.0 Å². The highest BCUT2D eigenvalue weighted by Crippen LogP contribution is 2.25. The summed E-state index contributed by atoms with van der Waals surface area (Å²) in [4.78, 5) is 10.4. The van der Waals surface area contributed by atoms with Crippen LogP contribution in [-0.2, 0) is 14.3 Å². The van der Waals surface area contributed by atoms with Crippen molar-refractivity contribution in [3.63, 3.8) is 0 Å². The Morgan fingerprint density at radius 1 is 1.35 bits per heavy atom. The lowest BCUT2D eigenvalue weighted by molar-refractivity contribution is 0.141. The summed E-state index contributed by atoms with van der Waals surface area (Å²) in [7, 11) is -3.40. The van der Waals surface area contributed by atoms with Gasteiger partial charge in [0.25, 0.3) is 10.1 Å². The molecule has 1 fully saturated rings. The van der Waals surface area contributed by atoms with E-state index >= 15 is 0 Å². The Bertz CT molecular complexity index is 542. The van der Waals surface area contributed by atoms with Crippen LogP contribution < -0.4 is 4.90 Å². The van der Waals surface area contributed by atoms with E-state index in [1.165, 1.54) is 0 Å². The molecule has 0 bridgehead atoms. The van der Waals surface area contributed by atoms with Gasteiger partial charge in [-0.1, -0.05) is 11.6 Å². The number of piperidine rings is 1. The average molecular weight is 320 g/mol. The Labute approximate surface area is 124 Å². The third kappa shape index (κ3) is 4.29. The second-order valence-corrected chi connectivity index (χ2v) is 7.07. The number of rotatable bonds is 4. The monoisotopic (exact) mass is 319 g/mol. The van der Waals surface area contributed by atoms with Gasteiger partial charge in [-0.3, -0.25) is 4.18 Å². The Morgan fingerprint density at radius 3 is 2.40 bits per heavy atom. The van der Waals surface area contributed by atoms with Gasteiger partial charge < -0.3 is 4.90 Å². The minimum absolute atomic E-state index is 0.230. The number of hydrogen-bond acceptors (Lipinski definition) is 6. The first kappa shape index (κ1) is 15.5. The van der Waals surface area contributed by atoms with Gasteiger partial charge in [0, 0.05) is 13.1 Å².